The molecule has 0 spiro atoms. The van der Waals surface area contributed by atoms with Gasteiger partial charge in [0, 0.05) is 29.7 Å². The second-order valence-corrected chi connectivity index (χ2v) is 6.79. The number of rotatable bonds is 4. The summed E-state index contributed by atoms with van der Waals surface area (Å²) in [5.74, 6) is 1.64. The van der Waals surface area contributed by atoms with Gasteiger partial charge in [-0.25, -0.2) is 4.98 Å². The van der Waals surface area contributed by atoms with Crippen LogP contribution in [0.4, 0.5) is 17.2 Å². The Morgan fingerprint density at radius 1 is 1.18 bits per heavy atom. The molecule has 5 rings (SSSR count). The van der Waals surface area contributed by atoms with E-state index in [-0.39, 0.29) is 5.91 Å². The number of nitrogens with one attached hydrogen (secondary N) is 2. The molecule has 4 aromatic rings. The first-order valence-corrected chi connectivity index (χ1v) is 9.22. The summed E-state index contributed by atoms with van der Waals surface area (Å²) in [6, 6.07) is 13.6. The fourth-order valence-corrected chi connectivity index (χ4v) is 3.76. The van der Waals surface area contributed by atoms with E-state index in [1.165, 1.54) is 0 Å². The van der Waals surface area contributed by atoms with Crippen LogP contribution in [0.15, 0.2) is 48.7 Å². The summed E-state index contributed by atoms with van der Waals surface area (Å²) in [5, 5.41) is 12.5. The molecule has 0 atom stereocenters. The highest BCUT2D eigenvalue weighted by Crippen LogP contribution is 2.35. The van der Waals surface area contributed by atoms with Gasteiger partial charge in [-0.1, -0.05) is 6.07 Å². The Bertz CT molecular complexity index is 1180. The summed E-state index contributed by atoms with van der Waals surface area (Å²) >= 11 is 0. The van der Waals surface area contributed by atoms with Crippen molar-refractivity contribution in [2.45, 2.75) is 12.8 Å². The molecule has 7 heteroatoms. The van der Waals surface area contributed by atoms with Crippen LogP contribution in [0, 0.1) is 0 Å². The molecule has 0 aliphatic carbocycles. The number of aromatic nitrogens is 3. The van der Waals surface area contributed by atoms with Gasteiger partial charge in [0.05, 0.1) is 24.2 Å². The molecule has 1 aliphatic rings. The molecule has 7 nitrogen and oxygen atoms in total. The van der Waals surface area contributed by atoms with Crippen LogP contribution < -0.4 is 15.0 Å². The van der Waals surface area contributed by atoms with Gasteiger partial charge in [0.25, 0.3) is 0 Å². The Kier molecular flexibility index (Phi) is 3.86. The smallest absolute Gasteiger partial charge is 0.227 e. The van der Waals surface area contributed by atoms with Crippen molar-refractivity contribution < 1.29 is 9.53 Å². The summed E-state index contributed by atoms with van der Waals surface area (Å²) < 4.78 is 5.50. The number of hydrogen-bond donors (Lipinski definition) is 2. The zero-order valence-corrected chi connectivity index (χ0v) is 15.4. The molecule has 28 heavy (non-hydrogen) atoms. The first-order chi connectivity index (χ1) is 13.7. The maximum Gasteiger partial charge on any atom is 0.227 e. The Morgan fingerprint density at radius 2 is 2.04 bits per heavy atom. The average molecular weight is 373 g/mol. The number of methoxy groups -OCH3 is 1. The van der Waals surface area contributed by atoms with E-state index in [0.717, 1.165) is 51.9 Å². The minimum atomic E-state index is 0.185. The van der Waals surface area contributed by atoms with Crippen molar-refractivity contribution in [1.82, 2.24) is 15.2 Å². The van der Waals surface area contributed by atoms with Gasteiger partial charge >= 0.3 is 0 Å². The number of ether oxygens (including phenoxy) is 1. The zero-order valence-electron chi connectivity index (χ0n) is 15.4. The number of carbonyl (C=O) groups is 1. The molecule has 0 bridgehead atoms. The van der Waals surface area contributed by atoms with E-state index in [1.807, 2.05) is 47.4 Å². The van der Waals surface area contributed by atoms with E-state index >= 15 is 0 Å². The number of benzene rings is 2. The molecular weight excluding hydrogens is 354 g/mol. The third kappa shape index (κ3) is 2.63. The quantitative estimate of drug-likeness (QED) is 0.565. The standard InChI is InChI=1S/C21H19N5O2/c1-28-17-5-2-4-16-19(17)15-12-22-25-20(15)21(24-16)23-13-7-9-14(10-8-13)26-11-3-6-18(26)27/h2,4-5,7-10,12H,3,6,11H2,1H3,(H,22,25)(H,23,24). The van der Waals surface area contributed by atoms with Gasteiger partial charge in [0.15, 0.2) is 5.82 Å². The SMILES string of the molecule is COc1cccc2nc(Nc3ccc(N4CCCC4=O)cc3)c3[nH]ncc3c12. The highest BCUT2D eigenvalue weighted by molar-refractivity contribution is 6.11. The molecule has 1 aliphatic heterocycles. The van der Waals surface area contributed by atoms with Crippen LogP contribution in [-0.4, -0.2) is 34.7 Å². The number of anilines is 3. The first-order valence-electron chi connectivity index (χ1n) is 9.22. The molecule has 1 fully saturated rings. The number of hydrogen-bond acceptors (Lipinski definition) is 5. The van der Waals surface area contributed by atoms with E-state index in [2.05, 4.69) is 15.5 Å². The molecule has 0 saturated carbocycles. The highest BCUT2D eigenvalue weighted by atomic mass is 16.5. The van der Waals surface area contributed by atoms with Crippen LogP contribution in [0.3, 0.4) is 0 Å². The van der Waals surface area contributed by atoms with Crippen LogP contribution >= 0.6 is 0 Å². The fourth-order valence-electron chi connectivity index (χ4n) is 3.76. The largest absolute Gasteiger partial charge is 0.496 e. The van der Waals surface area contributed by atoms with Crippen molar-refractivity contribution in [2.75, 3.05) is 23.9 Å². The number of H-pyrrole nitrogens is 1. The summed E-state index contributed by atoms with van der Waals surface area (Å²) in [4.78, 5) is 18.5. The molecule has 2 N–H and O–H groups in total. The van der Waals surface area contributed by atoms with Gasteiger partial charge < -0.3 is 15.0 Å². The van der Waals surface area contributed by atoms with E-state index in [4.69, 9.17) is 9.72 Å². The zero-order chi connectivity index (χ0) is 19.1. The Balaban J connectivity index is 1.53. The highest BCUT2D eigenvalue weighted by Gasteiger charge is 2.21. The number of pyridine rings is 1. The van der Waals surface area contributed by atoms with E-state index < -0.39 is 0 Å². The molecule has 0 radical (unpaired) electrons. The lowest BCUT2D eigenvalue weighted by atomic mass is 10.1. The third-order valence-electron chi connectivity index (χ3n) is 5.12. The van der Waals surface area contributed by atoms with E-state index in [0.29, 0.717) is 12.2 Å². The maximum absolute atomic E-state index is 11.9. The summed E-state index contributed by atoms with van der Waals surface area (Å²) in [6.45, 7) is 0.786. The van der Waals surface area contributed by atoms with E-state index in [9.17, 15) is 4.79 Å². The van der Waals surface area contributed by atoms with Crippen LogP contribution in [0.25, 0.3) is 21.8 Å². The topological polar surface area (TPSA) is 83.1 Å². The van der Waals surface area contributed by atoms with Crippen molar-refractivity contribution in [2.24, 2.45) is 0 Å². The average Bonchev–Trinajstić information content (AvgIpc) is 3.37. The Morgan fingerprint density at radius 3 is 2.79 bits per heavy atom. The number of aromatic amines is 1. The van der Waals surface area contributed by atoms with Gasteiger partial charge in [-0.05, 0) is 42.8 Å². The second kappa shape index (κ2) is 6.53. The van der Waals surface area contributed by atoms with Crippen LogP contribution in [-0.2, 0) is 4.79 Å². The summed E-state index contributed by atoms with van der Waals surface area (Å²) in [7, 11) is 1.65. The van der Waals surface area contributed by atoms with Gasteiger partial charge in [-0.3, -0.25) is 9.89 Å². The molecule has 0 unspecified atom stereocenters. The predicted octanol–water partition coefficient (Wildman–Crippen LogP) is 3.99. The number of carbonyl (C=O) groups excluding carboxylic acids is 1. The first kappa shape index (κ1) is 16.6. The fraction of sp³-hybridized carbons (Fsp3) is 0.190. The van der Waals surface area contributed by atoms with Crippen molar-refractivity contribution in [3.05, 3.63) is 48.7 Å². The predicted molar refractivity (Wildman–Crippen MR) is 109 cm³/mol. The lowest BCUT2D eigenvalue weighted by Gasteiger charge is -2.16. The second-order valence-electron chi connectivity index (χ2n) is 6.79. The lowest BCUT2D eigenvalue weighted by molar-refractivity contribution is -0.117. The number of amides is 1. The van der Waals surface area contributed by atoms with Crippen LogP contribution in [0.1, 0.15) is 12.8 Å². The van der Waals surface area contributed by atoms with Gasteiger partial charge in [0.1, 0.15) is 11.3 Å². The van der Waals surface area contributed by atoms with Gasteiger partial charge in [0.2, 0.25) is 5.91 Å². The third-order valence-corrected chi connectivity index (χ3v) is 5.12. The molecule has 2 aromatic heterocycles. The van der Waals surface area contributed by atoms with Gasteiger partial charge in [-0.2, -0.15) is 5.10 Å². The summed E-state index contributed by atoms with van der Waals surface area (Å²) in [5.41, 5.74) is 3.46. The van der Waals surface area contributed by atoms with Gasteiger partial charge in [-0.15, -0.1) is 0 Å². The normalized spacial score (nSPS) is 14.2. The van der Waals surface area contributed by atoms with Crippen molar-refractivity contribution in [3.63, 3.8) is 0 Å². The minimum absolute atomic E-state index is 0.185. The Hall–Kier alpha value is -3.61. The molecule has 2 aromatic carbocycles. The summed E-state index contributed by atoms with van der Waals surface area (Å²) in [6.07, 6.45) is 3.33. The van der Waals surface area contributed by atoms with Crippen LogP contribution in [0.2, 0.25) is 0 Å². The van der Waals surface area contributed by atoms with Crippen LogP contribution in [0.5, 0.6) is 5.75 Å². The Labute approximate surface area is 161 Å². The molecule has 3 heterocycles. The molecule has 1 saturated heterocycles. The maximum atomic E-state index is 11.9. The van der Waals surface area contributed by atoms with E-state index in [1.54, 1.807) is 13.3 Å². The van der Waals surface area contributed by atoms with Crippen molar-refractivity contribution >= 4 is 44.9 Å². The molecular formula is C21H19N5O2. The monoisotopic (exact) mass is 373 g/mol. The number of nitrogens with zero attached hydrogens (tertiary/aromatic N) is 3. The lowest BCUT2D eigenvalue weighted by Crippen LogP contribution is -2.23. The number of fused-ring (bicyclic) bond motifs is 3. The molecule has 1 amide bonds. The van der Waals surface area contributed by atoms with Crippen molar-refractivity contribution in [3.8, 4) is 5.75 Å². The molecule has 140 valence electrons. The minimum Gasteiger partial charge on any atom is -0.496 e. The van der Waals surface area contributed by atoms with Crippen molar-refractivity contribution in [1.29, 1.82) is 0 Å².